The lowest BCUT2D eigenvalue weighted by atomic mass is 10.2. The highest BCUT2D eigenvalue weighted by Gasteiger charge is 2.19. The summed E-state index contributed by atoms with van der Waals surface area (Å²) in [4.78, 5) is 12.5. The molecule has 7 nitrogen and oxygen atoms in total. The number of imidazole rings is 1. The van der Waals surface area contributed by atoms with E-state index in [1.165, 1.54) is 12.5 Å². The lowest BCUT2D eigenvalue weighted by Gasteiger charge is -2.23. The average Bonchev–Trinajstić information content (AvgIpc) is 2.85. The van der Waals surface area contributed by atoms with Gasteiger partial charge in [0.25, 0.3) is 0 Å². The predicted octanol–water partition coefficient (Wildman–Crippen LogP) is 1.33. The molecule has 0 amide bonds. The Morgan fingerprint density at radius 2 is 2.33 bits per heavy atom. The summed E-state index contributed by atoms with van der Waals surface area (Å²) in [6.07, 6.45) is 7.56. The van der Waals surface area contributed by atoms with Gasteiger partial charge in [-0.25, -0.2) is 15.0 Å². The maximum atomic E-state index is 8.58. The van der Waals surface area contributed by atoms with Gasteiger partial charge in [-0.15, -0.1) is 0 Å². The highest BCUT2D eigenvalue weighted by molar-refractivity contribution is 5.92. The van der Waals surface area contributed by atoms with Gasteiger partial charge in [0.15, 0.2) is 5.65 Å². The van der Waals surface area contributed by atoms with Crippen LogP contribution in [0.3, 0.4) is 0 Å². The summed E-state index contributed by atoms with van der Waals surface area (Å²) in [5, 5.41) is 11.6. The normalized spacial score (nSPS) is 20.8. The van der Waals surface area contributed by atoms with E-state index in [1.807, 2.05) is 4.57 Å². The second-order valence-electron chi connectivity index (χ2n) is 4.15. The number of rotatable bonds is 2. The Hall–Kier alpha value is -2.02. The molecule has 7 heteroatoms. The molecule has 1 unspecified atom stereocenters. The molecule has 1 aliphatic rings. The van der Waals surface area contributed by atoms with Crippen molar-refractivity contribution in [3.05, 3.63) is 18.3 Å². The zero-order chi connectivity index (χ0) is 12.4. The molecule has 2 aromatic heterocycles. The lowest BCUT2D eigenvalue weighted by molar-refractivity contribution is -0.0298. The van der Waals surface area contributed by atoms with Crippen molar-refractivity contribution in [1.82, 2.24) is 19.5 Å². The van der Waals surface area contributed by atoms with Crippen LogP contribution in [0.15, 0.2) is 17.8 Å². The fourth-order valence-electron chi connectivity index (χ4n) is 2.17. The van der Waals surface area contributed by atoms with E-state index in [0.717, 1.165) is 25.9 Å². The van der Waals surface area contributed by atoms with E-state index in [1.54, 1.807) is 6.33 Å². The molecule has 3 heterocycles. The first-order chi connectivity index (χ1) is 8.90. The second-order valence-corrected chi connectivity index (χ2v) is 4.15. The molecule has 18 heavy (non-hydrogen) atoms. The largest absolute Gasteiger partial charge is 0.411 e. The zero-order valence-corrected chi connectivity index (χ0v) is 9.73. The molecule has 0 aliphatic carbocycles. The molecule has 0 saturated carbocycles. The molecule has 1 saturated heterocycles. The second kappa shape index (κ2) is 4.69. The van der Waals surface area contributed by atoms with Crippen LogP contribution in [0.4, 0.5) is 0 Å². The van der Waals surface area contributed by atoms with Crippen molar-refractivity contribution in [3.8, 4) is 0 Å². The Morgan fingerprint density at radius 3 is 3.11 bits per heavy atom. The molecule has 3 rings (SSSR count). The number of fused-ring (bicyclic) bond motifs is 1. The SMILES string of the molecule is O/N=C/c1ncnc2c1ncn2C1CCCCO1. The van der Waals surface area contributed by atoms with Crippen molar-refractivity contribution in [2.75, 3.05) is 6.61 Å². The molecule has 0 bridgehead atoms. The maximum Gasteiger partial charge on any atom is 0.166 e. The van der Waals surface area contributed by atoms with Gasteiger partial charge >= 0.3 is 0 Å². The van der Waals surface area contributed by atoms with Gasteiger partial charge in [-0.3, -0.25) is 4.57 Å². The van der Waals surface area contributed by atoms with E-state index in [-0.39, 0.29) is 6.23 Å². The van der Waals surface area contributed by atoms with E-state index in [2.05, 4.69) is 20.1 Å². The van der Waals surface area contributed by atoms with Gasteiger partial charge in [0.2, 0.25) is 0 Å². The molecule has 1 fully saturated rings. The third-order valence-corrected chi connectivity index (χ3v) is 3.03. The number of ether oxygens (including phenoxy) is 1. The van der Waals surface area contributed by atoms with E-state index < -0.39 is 0 Å². The van der Waals surface area contributed by atoms with Crippen molar-refractivity contribution in [1.29, 1.82) is 0 Å². The van der Waals surface area contributed by atoms with Crippen LogP contribution in [0.2, 0.25) is 0 Å². The van der Waals surface area contributed by atoms with Crippen molar-refractivity contribution < 1.29 is 9.94 Å². The minimum absolute atomic E-state index is 0.0161. The van der Waals surface area contributed by atoms with Crippen molar-refractivity contribution in [2.24, 2.45) is 5.16 Å². The third kappa shape index (κ3) is 1.82. The number of oxime groups is 1. The fraction of sp³-hybridized carbons (Fsp3) is 0.455. The quantitative estimate of drug-likeness (QED) is 0.491. The highest BCUT2D eigenvalue weighted by Crippen LogP contribution is 2.25. The van der Waals surface area contributed by atoms with Crippen LogP contribution >= 0.6 is 0 Å². The van der Waals surface area contributed by atoms with Crippen molar-refractivity contribution in [2.45, 2.75) is 25.5 Å². The Bertz CT molecular complexity index is 574. The van der Waals surface area contributed by atoms with Gasteiger partial charge < -0.3 is 9.94 Å². The monoisotopic (exact) mass is 247 g/mol. The Morgan fingerprint density at radius 1 is 1.39 bits per heavy atom. The highest BCUT2D eigenvalue weighted by atomic mass is 16.5. The molecule has 1 aliphatic heterocycles. The molecule has 0 spiro atoms. The van der Waals surface area contributed by atoms with E-state index in [9.17, 15) is 0 Å². The number of nitrogens with zero attached hydrogens (tertiary/aromatic N) is 5. The summed E-state index contributed by atoms with van der Waals surface area (Å²) in [5.41, 5.74) is 1.81. The van der Waals surface area contributed by atoms with Gasteiger partial charge in [-0.1, -0.05) is 5.16 Å². The summed E-state index contributed by atoms with van der Waals surface area (Å²) in [5.74, 6) is 0. The molecular formula is C11H13N5O2. The predicted molar refractivity (Wildman–Crippen MR) is 63.5 cm³/mol. The van der Waals surface area contributed by atoms with Crippen LogP contribution in [0.25, 0.3) is 11.2 Å². The number of aromatic nitrogens is 4. The standard InChI is InChI=1S/C11H13N5O2/c17-15-5-8-10-11(13-6-12-8)16(7-14-10)9-3-1-2-4-18-9/h5-7,9,17H,1-4H2/b15-5+. The third-order valence-electron chi connectivity index (χ3n) is 3.03. The Balaban J connectivity index is 2.06. The maximum absolute atomic E-state index is 8.58. The Labute approximate surface area is 103 Å². The molecule has 1 atom stereocenters. The topological polar surface area (TPSA) is 85.4 Å². The molecule has 0 radical (unpaired) electrons. The summed E-state index contributed by atoms with van der Waals surface area (Å²) >= 11 is 0. The van der Waals surface area contributed by atoms with Crippen molar-refractivity contribution in [3.63, 3.8) is 0 Å². The van der Waals surface area contributed by atoms with Gasteiger partial charge in [0.05, 0.1) is 12.5 Å². The van der Waals surface area contributed by atoms with Gasteiger partial charge in [0, 0.05) is 6.61 Å². The minimum atomic E-state index is -0.0161. The summed E-state index contributed by atoms with van der Waals surface area (Å²) < 4.78 is 7.62. The number of hydrogen-bond acceptors (Lipinski definition) is 6. The smallest absolute Gasteiger partial charge is 0.166 e. The van der Waals surface area contributed by atoms with Crippen LogP contribution in [-0.4, -0.2) is 37.5 Å². The summed E-state index contributed by atoms with van der Waals surface area (Å²) in [7, 11) is 0. The van der Waals surface area contributed by atoms with Gasteiger partial charge in [-0.2, -0.15) is 0 Å². The molecule has 1 N–H and O–H groups in total. The van der Waals surface area contributed by atoms with Gasteiger partial charge in [0.1, 0.15) is 23.8 Å². The van der Waals surface area contributed by atoms with E-state index in [4.69, 9.17) is 9.94 Å². The average molecular weight is 247 g/mol. The van der Waals surface area contributed by atoms with Crippen molar-refractivity contribution >= 4 is 17.4 Å². The molecule has 0 aromatic carbocycles. The minimum Gasteiger partial charge on any atom is -0.411 e. The van der Waals surface area contributed by atoms with Crippen LogP contribution in [0, 0.1) is 0 Å². The van der Waals surface area contributed by atoms with Crippen LogP contribution in [0.1, 0.15) is 31.2 Å². The van der Waals surface area contributed by atoms with E-state index in [0.29, 0.717) is 16.9 Å². The summed E-state index contributed by atoms with van der Waals surface area (Å²) in [6, 6.07) is 0. The Kier molecular flexibility index (Phi) is 2.89. The fourth-order valence-corrected chi connectivity index (χ4v) is 2.17. The van der Waals surface area contributed by atoms with Gasteiger partial charge in [-0.05, 0) is 19.3 Å². The first kappa shape index (κ1) is 11.1. The molecule has 94 valence electrons. The van der Waals surface area contributed by atoms with Crippen LogP contribution in [-0.2, 0) is 4.74 Å². The van der Waals surface area contributed by atoms with Crippen LogP contribution < -0.4 is 0 Å². The van der Waals surface area contributed by atoms with E-state index >= 15 is 0 Å². The number of hydrogen-bond donors (Lipinski definition) is 1. The van der Waals surface area contributed by atoms with Crippen LogP contribution in [0.5, 0.6) is 0 Å². The zero-order valence-electron chi connectivity index (χ0n) is 9.73. The first-order valence-corrected chi connectivity index (χ1v) is 5.86. The summed E-state index contributed by atoms with van der Waals surface area (Å²) in [6.45, 7) is 0.764. The molecule has 2 aromatic rings. The lowest BCUT2D eigenvalue weighted by Crippen LogP contribution is -2.17. The first-order valence-electron chi connectivity index (χ1n) is 5.86. The molecular weight excluding hydrogens is 234 g/mol.